The number of nitrogens with one attached hydrogen (secondary N) is 1. The van der Waals surface area contributed by atoms with Gasteiger partial charge in [0.1, 0.15) is 0 Å². The molecule has 0 aliphatic heterocycles. The van der Waals surface area contributed by atoms with Gasteiger partial charge in [0.2, 0.25) is 5.82 Å². The molecule has 9 heteroatoms. The van der Waals surface area contributed by atoms with Gasteiger partial charge in [-0.2, -0.15) is 10.1 Å². The third-order valence-electron chi connectivity index (χ3n) is 4.89. The van der Waals surface area contributed by atoms with Crippen molar-refractivity contribution in [3.63, 3.8) is 0 Å². The molecule has 1 aromatic carbocycles. The van der Waals surface area contributed by atoms with Crippen molar-refractivity contribution in [2.75, 3.05) is 0 Å². The highest BCUT2D eigenvalue weighted by molar-refractivity contribution is 5.95. The summed E-state index contributed by atoms with van der Waals surface area (Å²) < 4.78 is 31.8. The third kappa shape index (κ3) is 3.09. The molecule has 0 unspecified atom stereocenters. The Morgan fingerprint density at radius 1 is 1.41 bits per heavy atom. The van der Waals surface area contributed by atoms with Gasteiger partial charge in [-0.1, -0.05) is 11.2 Å². The van der Waals surface area contributed by atoms with Crippen molar-refractivity contribution in [2.24, 2.45) is 7.05 Å². The number of aromatic nitrogens is 4. The average Bonchev–Trinajstić information content (AvgIpc) is 3.35. The second kappa shape index (κ2) is 6.57. The smallest absolute Gasteiger partial charge is 0.300 e. The maximum atomic E-state index is 12.6. The zero-order valence-electron chi connectivity index (χ0n) is 14.7. The highest BCUT2D eigenvalue weighted by atomic mass is 19.3. The van der Waals surface area contributed by atoms with Crippen LogP contribution in [0.15, 0.2) is 28.9 Å². The maximum Gasteiger partial charge on any atom is 0.300 e. The molecule has 4 rings (SSSR count). The van der Waals surface area contributed by atoms with Gasteiger partial charge in [-0.25, -0.2) is 8.78 Å². The van der Waals surface area contributed by atoms with Gasteiger partial charge in [-0.3, -0.25) is 9.48 Å². The molecule has 1 aliphatic rings. The van der Waals surface area contributed by atoms with E-state index in [1.807, 2.05) is 19.1 Å². The van der Waals surface area contributed by atoms with E-state index in [4.69, 9.17) is 4.52 Å². The largest absolute Gasteiger partial charge is 0.345 e. The minimum Gasteiger partial charge on any atom is -0.345 e. The number of rotatable bonds is 4. The van der Waals surface area contributed by atoms with Crippen LogP contribution in [0.1, 0.15) is 51.9 Å². The van der Waals surface area contributed by atoms with Gasteiger partial charge in [0.25, 0.3) is 11.8 Å². The van der Waals surface area contributed by atoms with Gasteiger partial charge in [-0.05, 0) is 43.0 Å². The summed E-state index contributed by atoms with van der Waals surface area (Å²) >= 11 is 0. The van der Waals surface area contributed by atoms with Crippen LogP contribution in [0.5, 0.6) is 0 Å². The summed E-state index contributed by atoms with van der Waals surface area (Å²) in [6.45, 7) is 1.84. The molecule has 1 N–H and O–H groups in total. The zero-order chi connectivity index (χ0) is 19.1. The number of hydrogen-bond acceptors (Lipinski definition) is 5. The summed E-state index contributed by atoms with van der Waals surface area (Å²) in [5, 5.41) is 10.4. The molecule has 0 saturated heterocycles. The van der Waals surface area contributed by atoms with Crippen molar-refractivity contribution >= 4 is 5.91 Å². The second-order valence-corrected chi connectivity index (χ2v) is 6.50. The second-order valence-electron chi connectivity index (χ2n) is 6.50. The number of hydrogen-bond donors (Lipinski definition) is 1. The predicted molar refractivity (Wildman–Crippen MR) is 91.2 cm³/mol. The lowest BCUT2D eigenvalue weighted by atomic mass is 10.0. The van der Waals surface area contributed by atoms with Crippen LogP contribution in [0.2, 0.25) is 0 Å². The number of fused-ring (bicyclic) bond motifs is 1. The Labute approximate surface area is 153 Å². The van der Waals surface area contributed by atoms with Crippen molar-refractivity contribution in [3.8, 4) is 11.5 Å². The zero-order valence-corrected chi connectivity index (χ0v) is 14.7. The lowest BCUT2D eigenvalue weighted by Crippen LogP contribution is -2.27. The molecular formula is C18H17F2N5O2. The lowest BCUT2D eigenvalue weighted by Gasteiger charge is -2.14. The fourth-order valence-corrected chi connectivity index (χ4v) is 3.30. The molecule has 140 valence electrons. The molecule has 0 fully saturated rings. The van der Waals surface area contributed by atoms with Gasteiger partial charge in [0.05, 0.1) is 17.8 Å². The molecule has 2 aromatic heterocycles. The third-order valence-corrected chi connectivity index (χ3v) is 4.89. The Kier molecular flexibility index (Phi) is 4.21. The first-order valence-electron chi connectivity index (χ1n) is 8.48. The SMILES string of the molecule is Cc1c(C(=O)N[C@@H]2CCc3cc(-c4nc(C(F)F)no4)ccc32)cnn1C. The number of halogens is 2. The highest BCUT2D eigenvalue weighted by Crippen LogP contribution is 2.34. The van der Waals surface area contributed by atoms with Crippen LogP contribution in [0.25, 0.3) is 11.5 Å². The molecule has 0 radical (unpaired) electrons. The normalized spacial score (nSPS) is 16.0. The van der Waals surface area contributed by atoms with Crippen molar-refractivity contribution in [1.82, 2.24) is 25.2 Å². The van der Waals surface area contributed by atoms with Crippen molar-refractivity contribution in [2.45, 2.75) is 32.2 Å². The maximum absolute atomic E-state index is 12.6. The summed E-state index contributed by atoms with van der Waals surface area (Å²) in [5.74, 6) is -0.727. The van der Waals surface area contributed by atoms with E-state index in [0.29, 0.717) is 11.1 Å². The van der Waals surface area contributed by atoms with E-state index in [0.717, 1.165) is 29.7 Å². The Bertz CT molecular complexity index is 1010. The Hall–Kier alpha value is -3.10. The Morgan fingerprint density at radius 2 is 2.22 bits per heavy atom. The van der Waals surface area contributed by atoms with Crippen molar-refractivity contribution in [3.05, 3.63) is 52.6 Å². The summed E-state index contributed by atoms with van der Waals surface area (Å²) in [6, 6.07) is 5.34. The van der Waals surface area contributed by atoms with Gasteiger partial charge in [0.15, 0.2) is 0 Å². The predicted octanol–water partition coefficient (Wildman–Crippen LogP) is 3.13. The molecule has 1 amide bonds. The standard InChI is InChI=1S/C18H17F2N5O2/c1-9-13(8-21-25(9)2)17(26)22-14-6-4-10-7-11(3-5-12(10)14)18-23-16(15(19)20)24-27-18/h3,5,7-8,14-15H,4,6H2,1-2H3,(H,22,26)/t14-/m1/s1. The van der Waals surface area contributed by atoms with E-state index >= 15 is 0 Å². The van der Waals surface area contributed by atoms with Gasteiger partial charge < -0.3 is 9.84 Å². The fourth-order valence-electron chi connectivity index (χ4n) is 3.30. The Balaban J connectivity index is 1.54. The molecule has 27 heavy (non-hydrogen) atoms. The minimum absolute atomic E-state index is 0.0616. The minimum atomic E-state index is -2.77. The van der Waals surface area contributed by atoms with Gasteiger partial charge in [-0.15, -0.1) is 0 Å². The molecule has 2 heterocycles. The number of carbonyl (C=O) groups excluding carboxylic acids is 1. The van der Waals surface area contributed by atoms with Gasteiger partial charge >= 0.3 is 6.43 Å². The highest BCUT2D eigenvalue weighted by Gasteiger charge is 2.26. The quantitative estimate of drug-likeness (QED) is 0.759. The van der Waals surface area contributed by atoms with E-state index < -0.39 is 12.2 Å². The van der Waals surface area contributed by atoms with Crippen LogP contribution in [0.4, 0.5) is 8.78 Å². The number of nitrogens with zero attached hydrogens (tertiary/aromatic N) is 4. The number of amides is 1. The first-order valence-corrected chi connectivity index (χ1v) is 8.48. The van der Waals surface area contributed by atoms with Crippen LogP contribution in [-0.4, -0.2) is 25.8 Å². The number of carbonyl (C=O) groups is 1. The van der Waals surface area contributed by atoms with E-state index in [1.165, 1.54) is 0 Å². The van der Waals surface area contributed by atoms with Crippen molar-refractivity contribution in [1.29, 1.82) is 0 Å². The van der Waals surface area contributed by atoms with E-state index in [-0.39, 0.29) is 17.8 Å². The van der Waals surface area contributed by atoms with Crippen LogP contribution < -0.4 is 5.32 Å². The first-order chi connectivity index (χ1) is 12.9. The van der Waals surface area contributed by atoms with Crippen LogP contribution in [0, 0.1) is 6.92 Å². The lowest BCUT2D eigenvalue weighted by molar-refractivity contribution is 0.0936. The Morgan fingerprint density at radius 3 is 2.89 bits per heavy atom. The van der Waals surface area contributed by atoms with Crippen LogP contribution in [-0.2, 0) is 13.5 Å². The molecule has 0 saturated carbocycles. The first kappa shape index (κ1) is 17.3. The van der Waals surface area contributed by atoms with Gasteiger partial charge in [0, 0.05) is 18.3 Å². The summed E-state index contributed by atoms with van der Waals surface area (Å²) in [4.78, 5) is 16.2. The topological polar surface area (TPSA) is 85.8 Å². The number of aryl methyl sites for hydroxylation is 2. The molecule has 1 atom stereocenters. The molecule has 7 nitrogen and oxygen atoms in total. The summed E-state index contributed by atoms with van der Waals surface area (Å²) in [7, 11) is 1.79. The van der Waals surface area contributed by atoms with E-state index in [2.05, 4.69) is 20.6 Å². The molecular weight excluding hydrogens is 356 g/mol. The molecule has 0 spiro atoms. The average molecular weight is 373 g/mol. The monoisotopic (exact) mass is 373 g/mol. The van der Waals surface area contributed by atoms with E-state index in [9.17, 15) is 13.6 Å². The van der Waals surface area contributed by atoms with E-state index in [1.54, 1.807) is 24.0 Å². The molecule has 1 aliphatic carbocycles. The number of benzene rings is 1. The van der Waals surface area contributed by atoms with Crippen molar-refractivity contribution < 1.29 is 18.1 Å². The molecule has 3 aromatic rings. The van der Waals surface area contributed by atoms with Crippen LogP contribution in [0.3, 0.4) is 0 Å². The summed E-state index contributed by atoms with van der Waals surface area (Å²) in [6.07, 6.45) is 0.304. The number of alkyl halides is 2. The molecule has 0 bridgehead atoms. The fraction of sp³-hybridized carbons (Fsp3) is 0.333. The summed E-state index contributed by atoms with van der Waals surface area (Å²) in [5.41, 5.74) is 3.96. The van der Waals surface area contributed by atoms with Crippen LogP contribution >= 0.6 is 0 Å².